The van der Waals surface area contributed by atoms with Crippen molar-refractivity contribution in [3.63, 3.8) is 0 Å². The number of para-hydroxylation sites is 1. The van der Waals surface area contributed by atoms with Crippen LogP contribution in [-0.4, -0.2) is 72.4 Å². The van der Waals surface area contributed by atoms with E-state index in [0.29, 0.717) is 38.5 Å². The molecule has 3 N–H and O–H groups in total. The van der Waals surface area contributed by atoms with Crippen LogP contribution in [0.5, 0.6) is 17.2 Å². The molecule has 53 heavy (non-hydrogen) atoms. The second-order valence-corrected chi connectivity index (χ2v) is 13.2. The van der Waals surface area contributed by atoms with Gasteiger partial charge in [-0.3, -0.25) is 0 Å². The van der Waals surface area contributed by atoms with Gasteiger partial charge in [0.2, 0.25) is 0 Å². The summed E-state index contributed by atoms with van der Waals surface area (Å²) in [6.07, 6.45) is -0.277. The van der Waals surface area contributed by atoms with Crippen molar-refractivity contribution in [2.75, 3.05) is 40.0 Å². The number of ether oxygens (including phenoxy) is 5. The summed E-state index contributed by atoms with van der Waals surface area (Å²) in [5.41, 5.74) is 4.16. The Labute approximate surface area is 310 Å². The van der Waals surface area contributed by atoms with Gasteiger partial charge in [-0.2, -0.15) is 0 Å². The molecule has 278 valence electrons. The summed E-state index contributed by atoms with van der Waals surface area (Å²) in [6.45, 7) is 1.91. The number of hydrogen-bond donors (Lipinski definition) is 3. The first-order valence-corrected chi connectivity index (χ1v) is 17.9. The van der Waals surface area contributed by atoms with Crippen LogP contribution in [0.15, 0.2) is 109 Å². The third-order valence-corrected chi connectivity index (χ3v) is 9.58. The topological polar surface area (TPSA) is 127 Å². The monoisotopic (exact) mass is 721 g/mol. The van der Waals surface area contributed by atoms with Crippen molar-refractivity contribution in [1.82, 2.24) is 4.90 Å². The molecule has 0 radical (unpaired) electrons. The number of phenols is 1. The summed E-state index contributed by atoms with van der Waals surface area (Å²) in [5, 5.41) is 32.1. The maximum absolute atomic E-state index is 13.4. The zero-order valence-corrected chi connectivity index (χ0v) is 29.9. The smallest absolute Gasteiger partial charge is 0.410 e. The molecular formula is C43H47NO9. The fraction of sp³-hybridized carbons (Fsp3) is 0.326. The third kappa shape index (κ3) is 9.85. The lowest BCUT2D eigenvalue weighted by Gasteiger charge is -2.43. The summed E-state index contributed by atoms with van der Waals surface area (Å²) >= 11 is 0. The summed E-state index contributed by atoms with van der Waals surface area (Å²) < 4.78 is 29.8. The van der Waals surface area contributed by atoms with E-state index in [9.17, 15) is 20.1 Å². The maximum atomic E-state index is 13.4. The van der Waals surface area contributed by atoms with E-state index >= 15 is 0 Å². The number of carbonyl (C=O) groups excluding carboxylic acids is 1. The Bertz CT molecular complexity index is 1930. The number of carbonyl (C=O) groups is 1. The molecule has 1 aliphatic heterocycles. The summed E-state index contributed by atoms with van der Waals surface area (Å²) in [6, 6.07) is 34.3. The molecule has 1 fully saturated rings. The van der Waals surface area contributed by atoms with Gasteiger partial charge in [0, 0.05) is 42.4 Å². The molecule has 1 heterocycles. The van der Waals surface area contributed by atoms with Crippen LogP contribution in [0.3, 0.4) is 0 Å². The first kappa shape index (κ1) is 37.6. The fourth-order valence-corrected chi connectivity index (χ4v) is 6.87. The molecule has 0 aromatic heterocycles. The Hall–Kier alpha value is -5.13. The highest BCUT2D eigenvalue weighted by Gasteiger charge is 2.40. The first-order valence-electron chi connectivity index (χ1n) is 17.9. The number of phenolic OH excluding ortho intramolecular Hbond substituents is 1. The molecule has 10 heteroatoms. The van der Waals surface area contributed by atoms with E-state index in [4.69, 9.17) is 23.7 Å². The SMILES string of the molecule is COc1cc(COC2CN(C(=O)OCc3cccc(CO)c3)CC(CO)C2c2ccc(OCCCOCc3ccccc3O)cc2)cc2ccccc12. The average molecular weight is 722 g/mol. The van der Waals surface area contributed by atoms with Crippen molar-refractivity contribution in [1.29, 1.82) is 0 Å². The van der Waals surface area contributed by atoms with E-state index in [1.54, 1.807) is 30.2 Å². The van der Waals surface area contributed by atoms with E-state index in [1.165, 1.54) is 0 Å². The molecule has 0 spiro atoms. The van der Waals surface area contributed by atoms with Crippen LogP contribution in [0.2, 0.25) is 0 Å². The van der Waals surface area contributed by atoms with Crippen molar-refractivity contribution < 1.29 is 43.8 Å². The lowest BCUT2D eigenvalue weighted by atomic mass is 9.79. The molecule has 0 bridgehead atoms. The highest BCUT2D eigenvalue weighted by Crippen LogP contribution is 2.37. The standard InChI is InChI=1S/C43H47NO9/c1-49-40-22-32(21-34-10-2-4-12-38(34)40)28-52-41-24-44(43(48)53-27-31-9-6-8-30(20-31)25-45)23-36(26-46)42(41)33-14-16-37(17-15-33)51-19-7-18-50-29-35-11-3-5-13-39(35)47/h2-6,8-17,20-22,36,41-42,45-47H,7,18-19,23-29H2,1H3. The van der Waals surface area contributed by atoms with Crippen LogP contribution in [0.25, 0.3) is 10.8 Å². The number of amides is 1. The van der Waals surface area contributed by atoms with E-state index in [0.717, 1.165) is 44.3 Å². The van der Waals surface area contributed by atoms with Gasteiger partial charge in [-0.1, -0.05) is 78.9 Å². The Morgan fingerprint density at radius 1 is 0.792 bits per heavy atom. The van der Waals surface area contributed by atoms with Crippen LogP contribution < -0.4 is 9.47 Å². The van der Waals surface area contributed by atoms with Gasteiger partial charge in [-0.15, -0.1) is 0 Å². The molecule has 5 aromatic rings. The molecule has 5 aromatic carbocycles. The van der Waals surface area contributed by atoms with Gasteiger partial charge < -0.3 is 43.9 Å². The number of aliphatic hydroxyl groups excluding tert-OH is 2. The highest BCUT2D eigenvalue weighted by atomic mass is 16.6. The Kier molecular flexibility index (Phi) is 13.2. The summed E-state index contributed by atoms with van der Waals surface area (Å²) in [5.74, 6) is 1.15. The molecule has 1 saturated heterocycles. The summed E-state index contributed by atoms with van der Waals surface area (Å²) in [4.78, 5) is 15.1. The van der Waals surface area contributed by atoms with E-state index in [1.807, 2.05) is 84.9 Å². The van der Waals surface area contributed by atoms with Gasteiger partial charge in [-0.05, 0) is 58.0 Å². The fourth-order valence-electron chi connectivity index (χ4n) is 6.87. The Balaban J connectivity index is 1.13. The molecule has 1 amide bonds. The number of piperidine rings is 1. The number of aliphatic hydroxyl groups is 2. The zero-order valence-electron chi connectivity index (χ0n) is 29.9. The number of aromatic hydroxyl groups is 1. The van der Waals surface area contributed by atoms with Gasteiger partial charge in [0.1, 0.15) is 23.9 Å². The van der Waals surface area contributed by atoms with Crippen molar-refractivity contribution in [3.8, 4) is 17.2 Å². The predicted octanol–water partition coefficient (Wildman–Crippen LogP) is 6.96. The quantitative estimate of drug-likeness (QED) is 0.0927. The average Bonchev–Trinajstić information content (AvgIpc) is 3.20. The Morgan fingerprint density at radius 2 is 1.58 bits per heavy atom. The van der Waals surface area contributed by atoms with Gasteiger partial charge >= 0.3 is 6.09 Å². The van der Waals surface area contributed by atoms with E-state index in [-0.39, 0.29) is 50.6 Å². The molecule has 0 aliphatic carbocycles. The Morgan fingerprint density at radius 3 is 2.38 bits per heavy atom. The maximum Gasteiger partial charge on any atom is 0.410 e. The largest absolute Gasteiger partial charge is 0.508 e. The molecule has 6 rings (SSSR count). The number of rotatable bonds is 16. The van der Waals surface area contributed by atoms with Gasteiger partial charge in [-0.25, -0.2) is 4.79 Å². The predicted molar refractivity (Wildman–Crippen MR) is 201 cm³/mol. The van der Waals surface area contributed by atoms with Crippen LogP contribution in [0, 0.1) is 5.92 Å². The van der Waals surface area contributed by atoms with Crippen LogP contribution in [0.1, 0.15) is 40.2 Å². The lowest BCUT2D eigenvalue weighted by molar-refractivity contribution is -0.0521. The first-order chi connectivity index (χ1) is 25.9. The van der Waals surface area contributed by atoms with Gasteiger partial charge in [0.15, 0.2) is 0 Å². The number of methoxy groups -OCH3 is 1. The van der Waals surface area contributed by atoms with Crippen LogP contribution >= 0.6 is 0 Å². The van der Waals surface area contributed by atoms with E-state index < -0.39 is 12.2 Å². The number of nitrogens with zero attached hydrogens (tertiary/aromatic N) is 1. The van der Waals surface area contributed by atoms with Gasteiger partial charge in [0.25, 0.3) is 0 Å². The lowest BCUT2D eigenvalue weighted by Crippen LogP contribution is -2.52. The number of fused-ring (bicyclic) bond motifs is 1. The minimum Gasteiger partial charge on any atom is -0.508 e. The molecule has 0 saturated carbocycles. The zero-order chi connectivity index (χ0) is 37.0. The second kappa shape index (κ2) is 18.6. The number of likely N-dealkylation sites (tertiary alicyclic amines) is 1. The van der Waals surface area contributed by atoms with Crippen molar-refractivity contribution in [3.05, 3.63) is 137 Å². The van der Waals surface area contributed by atoms with Crippen LogP contribution in [-0.2, 0) is 40.6 Å². The minimum atomic E-state index is -0.495. The summed E-state index contributed by atoms with van der Waals surface area (Å²) in [7, 11) is 1.65. The molecule has 1 aliphatic rings. The normalized spacial score (nSPS) is 17.1. The number of benzene rings is 5. The van der Waals surface area contributed by atoms with Crippen LogP contribution in [0.4, 0.5) is 4.79 Å². The molecule has 3 unspecified atom stereocenters. The second-order valence-electron chi connectivity index (χ2n) is 13.2. The van der Waals surface area contributed by atoms with Gasteiger partial charge in [0.05, 0.1) is 52.8 Å². The van der Waals surface area contributed by atoms with E-state index in [2.05, 4.69) is 6.07 Å². The number of hydrogen-bond acceptors (Lipinski definition) is 9. The molecular weight excluding hydrogens is 674 g/mol. The third-order valence-electron chi connectivity index (χ3n) is 9.58. The highest BCUT2D eigenvalue weighted by molar-refractivity contribution is 5.89. The van der Waals surface area contributed by atoms with Crippen molar-refractivity contribution >= 4 is 16.9 Å². The minimum absolute atomic E-state index is 0.0585. The molecule has 10 nitrogen and oxygen atoms in total. The van der Waals surface area contributed by atoms with Crippen molar-refractivity contribution in [2.24, 2.45) is 5.92 Å². The van der Waals surface area contributed by atoms with Crippen molar-refractivity contribution in [2.45, 2.75) is 44.9 Å². The molecule has 3 atom stereocenters.